The predicted molar refractivity (Wildman–Crippen MR) is 96.1 cm³/mol. The number of hydrogen-bond donors (Lipinski definition) is 1. The summed E-state index contributed by atoms with van der Waals surface area (Å²) < 4.78 is 0. The summed E-state index contributed by atoms with van der Waals surface area (Å²) in [6, 6.07) is 8.21. The molecule has 1 amide bonds. The Balaban J connectivity index is 0.00000220. The summed E-state index contributed by atoms with van der Waals surface area (Å²) in [7, 11) is 1.90. The topological polar surface area (TPSA) is 35.6 Å². The molecule has 0 saturated carbocycles. The molecule has 2 rings (SSSR count). The second-order valence-electron chi connectivity index (χ2n) is 5.58. The smallest absolute Gasteiger partial charge is 0.239 e. The monoisotopic (exact) mass is 347 g/mol. The van der Waals surface area contributed by atoms with Crippen LogP contribution >= 0.6 is 24.8 Å². The second kappa shape index (κ2) is 10.1. The summed E-state index contributed by atoms with van der Waals surface area (Å²) in [6.07, 6.45) is 0. The second-order valence-corrected chi connectivity index (χ2v) is 5.58. The van der Waals surface area contributed by atoms with Crippen LogP contribution in [0.4, 0.5) is 0 Å². The lowest BCUT2D eigenvalue weighted by Crippen LogP contribution is -2.52. The summed E-state index contributed by atoms with van der Waals surface area (Å²) in [6.45, 7) is 8.63. The Morgan fingerprint density at radius 3 is 2.45 bits per heavy atom. The molecule has 0 bridgehead atoms. The van der Waals surface area contributed by atoms with E-state index in [0.29, 0.717) is 6.54 Å². The molecule has 4 nitrogen and oxygen atoms in total. The molecule has 1 N–H and O–H groups in total. The lowest BCUT2D eigenvalue weighted by molar-refractivity contribution is -0.135. The highest BCUT2D eigenvalue weighted by atomic mass is 35.5. The molecule has 1 aliphatic heterocycles. The number of nitrogens with one attached hydrogen (secondary N) is 1. The fourth-order valence-electron chi connectivity index (χ4n) is 2.67. The van der Waals surface area contributed by atoms with Gasteiger partial charge in [0, 0.05) is 39.8 Å². The average Bonchev–Trinajstić information content (AvgIpc) is 2.49. The van der Waals surface area contributed by atoms with Crippen LogP contribution in [0.25, 0.3) is 0 Å². The number of piperazine rings is 1. The number of carbonyl (C=O) groups excluding carboxylic acids is 1. The van der Waals surface area contributed by atoms with Crippen LogP contribution in [0.1, 0.15) is 18.1 Å². The van der Waals surface area contributed by atoms with E-state index in [-0.39, 0.29) is 36.8 Å². The molecule has 6 heteroatoms. The van der Waals surface area contributed by atoms with Crippen molar-refractivity contribution in [2.75, 3.05) is 33.2 Å². The van der Waals surface area contributed by atoms with Gasteiger partial charge in [-0.1, -0.05) is 24.3 Å². The molecule has 1 unspecified atom stereocenters. The maximum absolute atomic E-state index is 12.5. The van der Waals surface area contributed by atoms with Gasteiger partial charge < -0.3 is 10.2 Å². The molecule has 1 aliphatic rings. The van der Waals surface area contributed by atoms with Crippen LogP contribution in [0.5, 0.6) is 0 Å². The molecule has 22 heavy (non-hydrogen) atoms. The summed E-state index contributed by atoms with van der Waals surface area (Å²) >= 11 is 0. The first-order valence-electron chi connectivity index (χ1n) is 7.34. The maximum atomic E-state index is 12.5. The van der Waals surface area contributed by atoms with Gasteiger partial charge in [-0.2, -0.15) is 0 Å². The van der Waals surface area contributed by atoms with Gasteiger partial charge in [0.05, 0.1) is 6.04 Å². The molecule has 0 radical (unpaired) electrons. The van der Waals surface area contributed by atoms with Crippen molar-refractivity contribution < 1.29 is 4.79 Å². The Kier molecular flexibility index (Phi) is 9.69. The molecule has 1 aromatic rings. The minimum absolute atomic E-state index is 0. The van der Waals surface area contributed by atoms with Crippen LogP contribution in [-0.4, -0.2) is 55.0 Å². The molecule has 0 spiro atoms. The van der Waals surface area contributed by atoms with Crippen LogP contribution in [-0.2, 0) is 11.3 Å². The number of aryl methyl sites for hydroxylation is 1. The van der Waals surface area contributed by atoms with Crippen LogP contribution in [0.3, 0.4) is 0 Å². The number of likely N-dealkylation sites (N-methyl/N-ethyl adjacent to an activating group) is 1. The lowest BCUT2D eigenvalue weighted by atomic mass is 10.1. The van der Waals surface area contributed by atoms with Crippen LogP contribution in [0.15, 0.2) is 24.3 Å². The van der Waals surface area contributed by atoms with E-state index < -0.39 is 0 Å². The van der Waals surface area contributed by atoms with E-state index in [1.54, 1.807) is 0 Å². The molecule has 1 atom stereocenters. The first-order chi connectivity index (χ1) is 9.59. The van der Waals surface area contributed by atoms with Gasteiger partial charge in [-0.15, -0.1) is 24.8 Å². The third-order valence-corrected chi connectivity index (χ3v) is 4.10. The first-order valence-corrected chi connectivity index (χ1v) is 7.34. The van der Waals surface area contributed by atoms with Gasteiger partial charge in [0.2, 0.25) is 5.91 Å². The van der Waals surface area contributed by atoms with Gasteiger partial charge in [-0.05, 0) is 25.0 Å². The number of rotatable bonds is 4. The molecule has 0 aromatic heterocycles. The maximum Gasteiger partial charge on any atom is 0.239 e. The number of benzene rings is 1. The van der Waals surface area contributed by atoms with E-state index in [1.807, 2.05) is 31.0 Å². The highest BCUT2D eigenvalue weighted by Gasteiger charge is 2.25. The van der Waals surface area contributed by atoms with Gasteiger partial charge in [0.25, 0.3) is 0 Å². The third kappa shape index (κ3) is 5.43. The Morgan fingerprint density at radius 1 is 1.27 bits per heavy atom. The molecule has 1 aromatic carbocycles. The Labute approximate surface area is 146 Å². The van der Waals surface area contributed by atoms with Crippen LogP contribution in [0.2, 0.25) is 0 Å². The molecule has 1 heterocycles. The largest absolute Gasteiger partial charge is 0.340 e. The van der Waals surface area contributed by atoms with E-state index >= 15 is 0 Å². The summed E-state index contributed by atoms with van der Waals surface area (Å²) in [4.78, 5) is 16.6. The van der Waals surface area contributed by atoms with Crippen molar-refractivity contribution in [3.05, 3.63) is 35.4 Å². The summed E-state index contributed by atoms with van der Waals surface area (Å²) in [5.41, 5.74) is 2.46. The molecular weight excluding hydrogens is 321 g/mol. The predicted octanol–water partition coefficient (Wildman–Crippen LogP) is 2.09. The highest BCUT2D eigenvalue weighted by Crippen LogP contribution is 2.12. The minimum Gasteiger partial charge on any atom is -0.340 e. The highest BCUT2D eigenvalue weighted by molar-refractivity contribution is 5.85. The van der Waals surface area contributed by atoms with Crippen molar-refractivity contribution >= 4 is 30.7 Å². The SMILES string of the molecule is Cc1ccccc1CN(C)C(=O)C(C)N1CCNCC1.Cl.Cl. The fourth-order valence-corrected chi connectivity index (χ4v) is 2.67. The van der Waals surface area contributed by atoms with Gasteiger partial charge in [0.15, 0.2) is 0 Å². The van der Waals surface area contributed by atoms with Gasteiger partial charge in [-0.3, -0.25) is 9.69 Å². The van der Waals surface area contributed by atoms with E-state index in [4.69, 9.17) is 0 Å². The van der Waals surface area contributed by atoms with Crippen molar-refractivity contribution in [3.63, 3.8) is 0 Å². The summed E-state index contributed by atoms with van der Waals surface area (Å²) in [5.74, 6) is 0.204. The fraction of sp³-hybridized carbons (Fsp3) is 0.562. The molecule has 0 aliphatic carbocycles. The van der Waals surface area contributed by atoms with Crippen molar-refractivity contribution in [1.82, 2.24) is 15.1 Å². The van der Waals surface area contributed by atoms with Crippen LogP contribution < -0.4 is 5.32 Å². The summed E-state index contributed by atoms with van der Waals surface area (Å²) in [5, 5.41) is 3.32. The van der Waals surface area contributed by atoms with E-state index in [0.717, 1.165) is 26.2 Å². The van der Waals surface area contributed by atoms with Gasteiger partial charge >= 0.3 is 0 Å². The molecule has 1 fully saturated rings. The molecule has 1 saturated heterocycles. The number of nitrogens with zero attached hydrogens (tertiary/aromatic N) is 2. The van der Waals surface area contributed by atoms with E-state index in [1.165, 1.54) is 11.1 Å². The van der Waals surface area contributed by atoms with Crippen molar-refractivity contribution in [3.8, 4) is 0 Å². The average molecular weight is 348 g/mol. The van der Waals surface area contributed by atoms with Gasteiger partial charge in [0.1, 0.15) is 0 Å². The Bertz CT molecular complexity index is 464. The third-order valence-electron chi connectivity index (χ3n) is 4.10. The van der Waals surface area contributed by atoms with Crippen LogP contribution in [0, 0.1) is 6.92 Å². The normalized spacial score (nSPS) is 16.1. The zero-order valence-electron chi connectivity index (χ0n) is 13.5. The van der Waals surface area contributed by atoms with Crippen molar-refractivity contribution in [2.45, 2.75) is 26.4 Å². The quantitative estimate of drug-likeness (QED) is 0.905. The number of hydrogen-bond acceptors (Lipinski definition) is 3. The number of amides is 1. The zero-order valence-corrected chi connectivity index (χ0v) is 15.2. The molecule has 126 valence electrons. The van der Waals surface area contributed by atoms with E-state index in [2.05, 4.69) is 29.3 Å². The lowest BCUT2D eigenvalue weighted by Gasteiger charge is -2.34. The minimum atomic E-state index is -0.0360. The van der Waals surface area contributed by atoms with Crippen molar-refractivity contribution in [1.29, 1.82) is 0 Å². The Morgan fingerprint density at radius 2 is 1.86 bits per heavy atom. The molecular formula is C16H27Cl2N3O. The number of halogens is 2. The van der Waals surface area contributed by atoms with Gasteiger partial charge in [-0.25, -0.2) is 0 Å². The number of carbonyl (C=O) groups is 1. The standard InChI is InChI=1S/C16H25N3O.2ClH/c1-13-6-4-5-7-15(13)12-18(3)16(20)14(2)19-10-8-17-9-11-19;;/h4-7,14,17H,8-12H2,1-3H3;2*1H. The zero-order chi connectivity index (χ0) is 14.5. The Hall–Kier alpha value is -0.810. The first kappa shape index (κ1) is 21.2. The van der Waals surface area contributed by atoms with Crippen molar-refractivity contribution in [2.24, 2.45) is 0 Å². The van der Waals surface area contributed by atoms with E-state index in [9.17, 15) is 4.79 Å².